The highest BCUT2D eigenvalue weighted by Crippen LogP contribution is 2.46. The molecule has 0 saturated heterocycles. The number of fused-ring (bicyclic) bond motifs is 8. The molecule has 0 aliphatic carbocycles. The van der Waals surface area contributed by atoms with Crippen LogP contribution in [0.25, 0.3) is 110 Å². The van der Waals surface area contributed by atoms with E-state index in [1.54, 1.807) is 0 Å². The first-order chi connectivity index (χ1) is 26.3. The summed E-state index contributed by atoms with van der Waals surface area (Å²) < 4.78 is 6.84. The number of benzene rings is 10. The van der Waals surface area contributed by atoms with Crippen LogP contribution in [0.3, 0.4) is 0 Å². The highest BCUT2D eigenvalue weighted by Gasteiger charge is 2.19. The molecule has 0 N–H and O–H groups in total. The Balaban J connectivity index is 1.11. The number of hydrogen-bond acceptors (Lipinski definition) is 1. The van der Waals surface area contributed by atoms with E-state index >= 15 is 0 Å². The zero-order valence-corrected chi connectivity index (χ0v) is 28.9. The number of furan rings is 1. The van der Waals surface area contributed by atoms with E-state index in [0.717, 1.165) is 27.5 Å². The van der Waals surface area contributed by atoms with Crippen molar-refractivity contribution in [1.82, 2.24) is 0 Å². The molecule has 11 aromatic rings. The van der Waals surface area contributed by atoms with Gasteiger partial charge < -0.3 is 4.42 Å². The molecule has 0 aliphatic rings. The molecule has 0 atom stereocenters. The summed E-state index contributed by atoms with van der Waals surface area (Å²) in [6, 6.07) is 70.4. The molecule has 246 valence electrons. The van der Waals surface area contributed by atoms with Gasteiger partial charge in [-0.25, -0.2) is 0 Å². The first-order valence-corrected chi connectivity index (χ1v) is 18.3. The minimum Gasteiger partial charge on any atom is -0.456 e. The van der Waals surface area contributed by atoms with Crippen molar-refractivity contribution in [2.75, 3.05) is 0 Å². The maximum atomic E-state index is 6.84. The number of rotatable bonds is 4. The van der Waals surface area contributed by atoms with Gasteiger partial charge in [0.1, 0.15) is 11.2 Å². The first-order valence-electron chi connectivity index (χ1n) is 18.3. The third-order valence-electron chi connectivity index (χ3n) is 11.0. The predicted octanol–water partition coefficient (Wildman–Crippen LogP) is 14.9. The topological polar surface area (TPSA) is 13.1 Å². The predicted molar refractivity (Wildman–Crippen MR) is 225 cm³/mol. The smallest absolute Gasteiger partial charge is 0.136 e. The highest BCUT2D eigenvalue weighted by molar-refractivity contribution is 6.24. The van der Waals surface area contributed by atoms with Crippen molar-refractivity contribution >= 4 is 65.0 Å². The Morgan fingerprint density at radius 1 is 0.264 bits per heavy atom. The maximum absolute atomic E-state index is 6.84. The zero-order chi connectivity index (χ0) is 34.9. The zero-order valence-electron chi connectivity index (χ0n) is 28.9. The molecule has 0 radical (unpaired) electrons. The molecule has 53 heavy (non-hydrogen) atoms. The Labute approximate surface area is 307 Å². The Kier molecular flexibility index (Phi) is 6.62. The van der Waals surface area contributed by atoms with Gasteiger partial charge in [0.15, 0.2) is 0 Å². The second-order valence-corrected chi connectivity index (χ2v) is 14.0. The van der Waals surface area contributed by atoms with E-state index in [2.05, 4.69) is 194 Å². The average molecular weight is 673 g/mol. The molecule has 0 saturated carbocycles. The van der Waals surface area contributed by atoms with Gasteiger partial charge in [-0.3, -0.25) is 0 Å². The molecule has 0 unspecified atom stereocenters. The van der Waals surface area contributed by atoms with Gasteiger partial charge in [0, 0.05) is 10.8 Å². The van der Waals surface area contributed by atoms with Crippen molar-refractivity contribution in [1.29, 1.82) is 0 Å². The van der Waals surface area contributed by atoms with Gasteiger partial charge in [0.25, 0.3) is 0 Å². The Bertz CT molecular complexity index is 3150. The van der Waals surface area contributed by atoms with Crippen LogP contribution in [-0.2, 0) is 0 Å². The highest BCUT2D eigenvalue weighted by atomic mass is 16.3. The fraction of sp³-hybridized carbons (Fsp3) is 0. The van der Waals surface area contributed by atoms with Crippen molar-refractivity contribution in [3.63, 3.8) is 0 Å². The van der Waals surface area contributed by atoms with Crippen molar-refractivity contribution in [2.45, 2.75) is 0 Å². The maximum Gasteiger partial charge on any atom is 0.136 e. The van der Waals surface area contributed by atoms with Crippen LogP contribution in [0.5, 0.6) is 0 Å². The molecule has 11 rings (SSSR count). The second-order valence-electron chi connectivity index (χ2n) is 14.0. The molecule has 10 aromatic carbocycles. The number of hydrogen-bond donors (Lipinski definition) is 0. The fourth-order valence-corrected chi connectivity index (χ4v) is 8.60. The first kappa shape index (κ1) is 29.7. The van der Waals surface area contributed by atoms with Gasteiger partial charge in [-0.15, -0.1) is 0 Å². The SMILES string of the molecule is c1ccc(-c2ccc(-c3cc4oc5cc(-c6c7ccccc7c(-c7ccc8ccccc8c7)c7ccccc67)ccc5c4c4ccccc34)cc2)cc1. The third-order valence-corrected chi connectivity index (χ3v) is 11.0. The minimum absolute atomic E-state index is 0.894. The summed E-state index contributed by atoms with van der Waals surface area (Å²) >= 11 is 0. The normalized spacial score (nSPS) is 11.8. The minimum atomic E-state index is 0.894. The van der Waals surface area contributed by atoms with Crippen molar-refractivity contribution in [3.05, 3.63) is 194 Å². The summed E-state index contributed by atoms with van der Waals surface area (Å²) in [6.45, 7) is 0. The standard InChI is InChI=1S/C52H32O/c1-2-12-33(13-3-1)35-22-25-36(26-23-35)47-32-49-52(41-17-7-6-16-40(41)47)46-29-28-39(31-48(46)53-49)51-44-20-10-8-18-42(44)50(43-19-9-11-21-45(43)51)38-27-24-34-14-4-5-15-37(34)30-38/h1-32H. The van der Waals surface area contributed by atoms with Gasteiger partial charge in [-0.05, 0) is 112 Å². The van der Waals surface area contributed by atoms with Crippen LogP contribution < -0.4 is 0 Å². The van der Waals surface area contributed by atoms with Crippen LogP contribution in [0.1, 0.15) is 0 Å². The lowest BCUT2D eigenvalue weighted by molar-refractivity contribution is 0.669. The molecule has 0 spiro atoms. The van der Waals surface area contributed by atoms with Crippen molar-refractivity contribution in [3.8, 4) is 44.5 Å². The van der Waals surface area contributed by atoms with E-state index in [4.69, 9.17) is 4.42 Å². The van der Waals surface area contributed by atoms with Crippen molar-refractivity contribution in [2.24, 2.45) is 0 Å². The molecule has 1 nitrogen and oxygen atoms in total. The lowest BCUT2D eigenvalue weighted by Crippen LogP contribution is -1.91. The van der Waals surface area contributed by atoms with E-state index < -0.39 is 0 Å². The summed E-state index contributed by atoms with van der Waals surface area (Å²) in [6.07, 6.45) is 0. The summed E-state index contributed by atoms with van der Waals surface area (Å²) in [4.78, 5) is 0. The van der Waals surface area contributed by atoms with E-state index in [0.29, 0.717) is 0 Å². The molecule has 0 aliphatic heterocycles. The quantitative estimate of drug-likeness (QED) is 0.170. The lowest BCUT2D eigenvalue weighted by Gasteiger charge is -2.18. The Morgan fingerprint density at radius 3 is 1.43 bits per heavy atom. The average Bonchev–Trinajstić information content (AvgIpc) is 3.61. The van der Waals surface area contributed by atoms with Crippen LogP contribution in [0.2, 0.25) is 0 Å². The van der Waals surface area contributed by atoms with Crippen LogP contribution in [0, 0.1) is 0 Å². The molecule has 0 fully saturated rings. The second kappa shape index (κ2) is 11.8. The van der Waals surface area contributed by atoms with Gasteiger partial charge in [0.2, 0.25) is 0 Å². The lowest BCUT2D eigenvalue weighted by atomic mass is 9.85. The van der Waals surface area contributed by atoms with Gasteiger partial charge in [0.05, 0.1) is 0 Å². The van der Waals surface area contributed by atoms with Gasteiger partial charge in [-0.2, -0.15) is 0 Å². The van der Waals surface area contributed by atoms with E-state index in [-0.39, 0.29) is 0 Å². The molecule has 0 bridgehead atoms. The summed E-state index contributed by atoms with van der Waals surface area (Å²) in [5, 5.41) is 12.2. The largest absolute Gasteiger partial charge is 0.456 e. The third kappa shape index (κ3) is 4.71. The van der Waals surface area contributed by atoms with Gasteiger partial charge >= 0.3 is 0 Å². The van der Waals surface area contributed by atoms with E-state index in [9.17, 15) is 0 Å². The van der Waals surface area contributed by atoms with E-state index in [1.807, 2.05) is 0 Å². The molecule has 1 heteroatoms. The summed E-state index contributed by atoms with van der Waals surface area (Å²) in [5.74, 6) is 0. The molecule has 0 amide bonds. The molecule has 1 aromatic heterocycles. The summed E-state index contributed by atoms with van der Waals surface area (Å²) in [7, 11) is 0. The Hall–Kier alpha value is -6.96. The van der Waals surface area contributed by atoms with Crippen LogP contribution in [0.4, 0.5) is 0 Å². The van der Waals surface area contributed by atoms with Crippen LogP contribution >= 0.6 is 0 Å². The van der Waals surface area contributed by atoms with E-state index in [1.165, 1.54) is 82.0 Å². The Morgan fingerprint density at radius 2 is 0.755 bits per heavy atom. The van der Waals surface area contributed by atoms with Gasteiger partial charge in [-0.1, -0.05) is 170 Å². The molecular formula is C52H32O. The van der Waals surface area contributed by atoms with Crippen LogP contribution in [-0.4, -0.2) is 0 Å². The summed E-state index contributed by atoms with van der Waals surface area (Å²) in [5.41, 5.74) is 11.4. The molecule has 1 heterocycles. The fourth-order valence-electron chi connectivity index (χ4n) is 8.60. The van der Waals surface area contributed by atoms with Crippen molar-refractivity contribution < 1.29 is 4.42 Å². The molecular weight excluding hydrogens is 641 g/mol. The monoisotopic (exact) mass is 672 g/mol. The van der Waals surface area contributed by atoms with Crippen LogP contribution in [0.15, 0.2) is 199 Å².